The Labute approximate surface area is 109 Å². The summed E-state index contributed by atoms with van der Waals surface area (Å²) in [5.74, 6) is 0.0342. The minimum Gasteiger partial charge on any atom is -0.507 e. The van der Waals surface area contributed by atoms with Gasteiger partial charge in [-0.15, -0.1) is 0 Å². The first-order valence-electron chi connectivity index (χ1n) is 6.58. The molecule has 0 bridgehead atoms. The normalized spacial score (nSPS) is 10.4. The first-order valence-corrected chi connectivity index (χ1v) is 6.58. The van der Waals surface area contributed by atoms with E-state index in [1.54, 1.807) is 13.0 Å². The summed E-state index contributed by atoms with van der Waals surface area (Å²) >= 11 is 0. The van der Waals surface area contributed by atoms with Gasteiger partial charge in [0, 0.05) is 0 Å². The molecule has 0 fully saturated rings. The summed E-state index contributed by atoms with van der Waals surface area (Å²) in [7, 11) is 0. The van der Waals surface area contributed by atoms with Gasteiger partial charge in [0.2, 0.25) is 0 Å². The minimum atomic E-state index is -0.304. The van der Waals surface area contributed by atoms with Gasteiger partial charge in [0.1, 0.15) is 5.75 Å². The Morgan fingerprint density at radius 2 is 2.00 bits per heavy atom. The van der Waals surface area contributed by atoms with Crippen LogP contribution in [-0.2, 0) is 17.6 Å². The zero-order valence-electron chi connectivity index (χ0n) is 11.7. The largest absolute Gasteiger partial charge is 0.507 e. The van der Waals surface area contributed by atoms with E-state index in [0.717, 1.165) is 29.5 Å². The predicted molar refractivity (Wildman–Crippen MR) is 72.2 cm³/mol. The average molecular weight is 250 g/mol. The van der Waals surface area contributed by atoms with E-state index in [2.05, 4.69) is 6.92 Å². The van der Waals surface area contributed by atoms with Crippen LogP contribution in [0.5, 0.6) is 5.75 Å². The number of ether oxygens (including phenoxy) is 1. The zero-order chi connectivity index (χ0) is 13.7. The van der Waals surface area contributed by atoms with Crippen LogP contribution < -0.4 is 0 Å². The number of aryl methyl sites for hydroxylation is 1. The van der Waals surface area contributed by atoms with Crippen LogP contribution in [0.4, 0.5) is 0 Å². The summed E-state index contributed by atoms with van der Waals surface area (Å²) in [5.41, 5.74) is 3.09. The fourth-order valence-electron chi connectivity index (χ4n) is 2.20. The third kappa shape index (κ3) is 2.84. The van der Waals surface area contributed by atoms with E-state index in [1.165, 1.54) is 0 Å². The zero-order valence-corrected chi connectivity index (χ0v) is 11.7. The second-order valence-corrected chi connectivity index (χ2v) is 4.36. The topological polar surface area (TPSA) is 46.5 Å². The van der Waals surface area contributed by atoms with Crippen molar-refractivity contribution < 1.29 is 14.6 Å². The van der Waals surface area contributed by atoms with Crippen LogP contribution in [0.3, 0.4) is 0 Å². The molecule has 0 aliphatic carbocycles. The molecule has 1 N–H and O–H groups in total. The molecule has 0 spiro atoms. The number of aromatic hydroxyl groups is 1. The molecule has 0 saturated carbocycles. The summed E-state index contributed by atoms with van der Waals surface area (Å²) in [6.07, 6.45) is 2.41. The van der Waals surface area contributed by atoms with E-state index in [4.69, 9.17) is 4.74 Å². The van der Waals surface area contributed by atoms with Gasteiger partial charge in [-0.05, 0) is 49.4 Å². The molecule has 0 aliphatic heterocycles. The van der Waals surface area contributed by atoms with Crippen molar-refractivity contribution in [2.24, 2.45) is 0 Å². The van der Waals surface area contributed by atoms with Crippen LogP contribution >= 0.6 is 0 Å². The fraction of sp³-hybridized carbons (Fsp3) is 0.533. The van der Waals surface area contributed by atoms with Crippen molar-refractivity contribution in [3.05, 3.63) is 28.3 Å². The molecule has 0 amide bonds. The number of rotatable bonds is 5. The minimum absolute atomic E-state index is 0.304. The van der Waals surface area contributed by atoms with E-state index in [-0.39, 0.29) is 5.97 Å². The van der Waals surface area contributed by atoms with Gasteiger partial charge in [0.15, 0.2) is 0 Å². The number of hydrogen-bond acceptors (Lipinski definition) is 3. The lowest BCUT2D eigenvalue weighted by atomic mass is 9.94. The predicted octanol–water partition coefficient (Wildman–Crippen LogP) is 3.39. The molecule has 3 heteroatoms. The maximum atomic E-state index is 11.9. The van der Waals surface area contributed by atoms with Crippen LogP contribution in [0, 0.1) is 6.92 Å². The van der Waals surface area contributed by atoms with Crippen LogP contribution in [0.25, 0.3) is 0 Å². The second kappa shape index (κ2) is 6.43. The molecule has 3 nitrogen and oxygen atoms in total. The monoisotopic (exact) mass is 250 g/mol. The van der Waals surface area contributed by atoms with E-state index in [0.29, 0.717) is 24.3 Å². The number of phenols is 1. The van der Waals surface area contributed by atoms with Gasteiger partial charge >= 0.3 is 5.97 Å². The van der Waals surface area contributed by atoms with Crippen molar-refractivity contribution in [3.8, 4) is 5.75 Å². The Balaban J connectivity index is 3.33. The Kier molecular flexibility index (Phi) is 5.20. The third-order valence-electron chi connectivity index (χ3n) is 3.13. The average Bonchev–Trinajstić information content (AvgIpc) is 2.33. The second-order valence-electron chi connectivity index (χ2n) is 4.36. The molecular formula is C15H22O3. The van der Waals surface area contributed by atoms with Gasteiger partial charge in [-0.1, -0.05) is 20.3 Å². The fourth-order valence-corrected chi connectivity index (χ4v) is 2.20. The lowest BCUT2D eigenvalue weighted by molar-refractivity contribution is 0.0525. The molecule has 0 radical (unpaired) electrons. The molecule has 0 aromatic heterocycles. The van der Waals surface area contributed by atoms with Crippen molar-refractivity contribution in [1.29, 1.82) is 0 Å². The number of hydrogen-bond donors (Lipinski definition) is 1. The van der Waals surface area contributed by atoms with Crippen LogP contribution in [0.15, 0.2) is 6.07 Å². The molecule has 100 valence electrons. The maximum Gasteiger partial charge on any atom is 0.338 e. The standard InChI is InChI=1S/C15H22O3/c1-5-8-11-9-13(15(17)18-7-3)10(4)12(6-2)14(11)16/h9,16H,5-8H2,1-4H3. The van der Waals surface area contributed by atoms with Crippen molar-refractivity contribution in [2.45, 2.75) is 47.0 Å². The number of esters is 1. The molecule has 0 atom stereocenters. The van der Waals surface area contributed by atoms with Crippen molar-refractivity contribution in [1.82, 2.24) is 0 Å². The molecule has 0 aliphatic rings. The molecule has 0 saturated heterocycles. The summed E-state index contributed by atoms with van der Waals surface area (Å²) in [6.45, 7) is 8.05. The van der Waals surface area contributed by atoms with E-state index >= 15 is 0 Å². The molecule has 1 aromatic carbocycles. The lowest BCUT2D eigenvalue weighted by Crippen LogP contribution is -2.09. The Morgan fingerprint density at radius 3 is 2.50 bits per heavy atom. The Bertz CT molecular complexity index is 436. The van der Waals surface area contributed by atoms with Gasteiger partial charge in [-0.3, -0.25) is 0 Å². The smallest absolute Gasteiger partial charge is 0.338 e. The quantitative estimate of drug-likeness (QED) is 0.815. The third-order valence-corrected chi connectivity index (χ3v) is 3.13. The highest BCUT2D eigenvalue weighted by molar-refractivity contribution is 5.92. The summed E-state index contributed by atoms with van der Waals surface area (Å²) in [6, 6.07) is 1.77. The SMILES string of the molecule is CCCc1cc(C(=O)OCC)c(C)c(CC)c1O. The molecule has 18 heavy (non-hydrogen) atoms. The maximum absolute atomic E-state index is 11.9. The first kappa shape index (κ1) is 14.6. The summed E-state index contributed by atoms with van der Waals surface area (Å²) in [4.78, 5) is 11.9. The molecule has 1 rings (SSSR count). The van der Waals surface area contributed by atoms with Crippen molar-refractivity contribution in [2.75, 3.05) is 6.61 Å². The molecule has 1 aromatic rings. The molecular weight excluding hydrogens is 228 g/mol. The Hall–Kier alpha value is -1.51. The number of benzene rings is 1. The van der Waals surface area contributed by atoms with Crippen molar-refractivity contribution in [3.63, 3.8) is 0 Å². The van der Waals surface area contributed by atoms with Crippen LogP contribution in [-0.4, -0.2) is 17.7 Å². The van der Waals surface area contributed by atoms with Crippen LogP contribution in [0.2, 0.25) is 0 Å². The highest BCUT2D eigenvalue weighted by atomic mass is 16.5. The van der Waals surface area contributed by atoms with E-state index < -0.39 is 0 Å². The van der Waals surface area contributed by atoms with Gasteiger partial charge in [0.25, 0.3) is 0 Å². The van der Waals surface area contributed by atoms with Gasteiger partial charge < -0.3 is 9.84 Å². The number of phenolic OH excluding ortho intramolecular Hbond substituents is 1. The number of carbonyl (C=O) groups excluding carboxylic acids is 1. The Morgan fingerprint density at radius 1 is 1.33 bits per heavy atom. The van der Waals surface area contributed by atoms with Gasteiger partial charge in [0.05, 0.1) is 12.2 Å². The molecule has 0 unspecified atom stereocenters. The highest BCUT2D eigenvalue weighted by Crippen LogP contribution is 2.30. The highest BCUT2D eigenvalue weighted by Gasteiger charge is 2.18. The van der Waals surface area contributed by atoms with Crippen LogP contribution in [0.1, 0.15) is 54.2 Å². The summed E-state index contributed by atoms with van der Waals surface area (Å²) in [5, 5.41) is 10.2. The first-order chi connectivity index (χ1) is 8.56. The lowest BCUT2D eigenvalue weighted by Gasteiger charge is -2.15. The molecule has 0 heterocycles. The van der Waals surface area contributed by atoms with Gasteiger partial charge in [-0.2, -0.15) is 0 Å². The van der Waals surface area contributed by atoms with E-state index in [9.17, 15) is 9.90 Å². The summed E-state index contributed by atoms with van der Waals surface area (Å²) < 4.78 is 5.06. The van der Waals surface area contributed by atoms with E-state index in [1.807, 2.05) is 13.8 Å². The van der Waals surface area contributed by atoms with Gasteiger partial charge in [-0.25, -0.2) is 4.79 Å². The number of carbonyl (C=O) groups is 1. The van der Waals surface area contributed by atoms with Crippen molar-refractivity contribution >= 4 is 5.97 Å².